The second kappa shape index (κ2) is 6.95. The second-order valence-corrected chi connectivity index (χ2v) is 7.57. The number of hydrogen-bond acceptors (Lipinski definition) is 3. The molecule has 0 atom stereocenters. The van der Waals surface area contributed by atoms with Crippen LogP contribution >= 0.6 is 44.1 Å². The summed E-state index contributed by atoms with van der Waals surface area (Å²) in [5.41, 5.74) is 5.34. The molecule has 0 aromatic heterocycles. The average molecular weight is 416 g/mol. The molecule has 0 bridgehead atoms. The fourth-order valence-corrected chi connectivity index (χ4v) is 3.95. The van der Waals surface area contributed by atoms with E-state index in [4.69, 9.17) is 18.0 Å². The molecule has 18 heavy (non-hydrogen) atoms. The normalized spacial score (nSPS) is 11.4. The third kappa shape index (κ3) is 4.93. The van der Waals surface area contributed by atoms with Crippen LogP contribution in [0.5, 0.6) is 0 Å². The quantitative estimate of drug-likeness (QED) is 0.553. The fraction of sp³-hybridized carbons (Fsp3) is 0.300. The Morgan fingerprint density at radius 2 is 2.06 bits per heavy atom. The lowest BCUT2D eigenvalue weighted by molar-refractivity contribution is 0.579. The molecule has 1 rings (SSSR count). The maximum Gasteiger partial charge on any atom is 0.241 e. The summed E-state index contributed by atoms with van der Waals surface area (Å²) in [6.07, 6.45) is 1.11. The minimum Gasteiger partial charge on any atom is -0.393 e. The van der Waals surface area contributed by atoms with Crippen LogP contribution in [0.1, 0.15) is 12.8 Å². The van der Waals surface area contributed by atoms with Crippen molar-refractivity contribution in [1.82, 2.24) is 4.72 Å². The van der Waals surface area contributed by atoms with E-state index in [1.165, 1.54) is 0 Å². The molecular formula is C10H12Br2N2O2S2. The molecule has 0 saturated carbocycles. The Bertz CT molecular complexity index is 547. The SMILES string of the molecule is NC(=S)CCCNS(=O)(=O)c1cc(Br)ccc1Br. The molecule has 0 aliphatic rings. The topological polar surface area (TPSA) is 72.2 Å². The number of rotatable bonds is 6. The summed E-state index contributed by atoms with van der Waals surface area (Å²) < 4.78 is 27.8. The van der Waals surface area contributed by atoms with Crippen molar-refractivity contribution in [2.75, 3.05) is 6.54 Å². The van der Waals surface area contributed by atoms with Crippen LogP contribution in [-0.2, 0) is 10.0 Å². The Morgan fingerprint density at radius 3 is 2.67 bits per heavy atom. The third-order valence-electron chi connectivity index (χ3n) is 2.07. The zero-order chi connectivity index (χ0) is 13.8. The second-order valence-electron chi connectivity index (χ2n) is 3.54. The first kappa shape index (κ1) is 16.0. The van der Waals surface area contributed by atoms with Gasteiger partial charge in [0.15, 0.2) is 0 Å². The van der Waals surface area contributed by atoms with Crippen molar-refractivity contribution in [1.29, 1.82) is 0 Å². The van der Waals surface area contributed by atoms with E-state index in [1.807, 2.05) is 0 Å². The van der Waals surface area contributed by atoms with E-state index in [9.17, 15) is 8.42 Å². The number of halogens is 2. The molecule has 1 aromatic carbocycles. The van der Waals surface area contributed by atoms with Gasteiger partial charge in [0.2, 0.25) is 10.0 Å². The molecule has 0 amide bonds. The van der Waals surface area contributed by atoms with E-state index in [2.05, 4.69) is 36.6 Å². The lowest BCUT2D eigenvalue weighted by Gasteiger charge is -2.08. The molecule has 8 heteroatoms. The summed E-state index contributed by atoms with van der Waals surface area (Å²) in [6.45, 7) is 0.304. The number of hydrogen-bond donors (Lipinski definition) is 2. The zero-order valence-corrected chi connectivity index (χ0v) is 14.1. The Balaban J connectivity index is 2.74. The first-order valence-electron chi connectivity index (χ1n) is 5.06. The average Bonchev–Trinajstić information content (AvgIpc) is 2.27. The standard InChI is InChI=1S/C10H12Br2N2O2S2/c11-7-3-4-8(12)9(6-7)18(15,16)14-5-1-2-10(13)17/h3-4,6,14H,1-2,5H2,(H2,13,17). The van der Waals surface area contributed by atoms with Crippen LogP contribution in [0.3, 0.4) is 0 Å². The maximum atomic E-state index is 12.0. The molecule has 0 radical (unpaired) electrons. The molecule has 4 nitrogen and oxygen atoms in total. The van der Waals surface area contributed by atoms with Crippen molar-refractivity contribution in [3.63, 3.8) is 0 Å². The molecular weight excluding hydrogens is 404 g/mol. The maximum absolute atomic E-state index is 12.0. The molecule has 0 aliphatic carbocycles. The molecule has 0 unspecified atom stereocenters. The van der Waals surface area contributed by atoms with Crippen LogP contribution in [-0.4, -0.2) is 20.0 Å². The minimum absolute atomic E-state index is 0.201. The summed E-state index contributed by atoms with van der Waals surface area (Å²) in [7, 11) is -3.52. The van der Waals surface area contributed by atoms with Gasteiger partial charge in [-0.25, -0.2) is 13.1 Å². The van der Waals surface area contributed by atoms with E-state index in [0.717, 1.165) is 0 Å². The van der Waals surface area contributed by atoms with Gasteiger partial charge < -0.3 is 5.73 Å². The Hall–Kier alpha value is -0.0200. The van der Waals surface area contributed by atoms with Gasteiger partial charge in [-0.2, -0.15) is 0 Å². The molecule has 1 aromatic rings. The van der Waals surface area contributed by atoms with Crippen molar-refractivity contribution < 1.29 is 8.42 Å². The van der Waals surface area contributed by atoms with Crippen molar-refractivity contribution in [3.8, 4) is 0 Å². The first-order valence-corrected chi connectivity index (χ1v) is 8.53. The highest BCUT2D eigenvalue weighted by Gasteiger charge is 2.17. The molecule has 0 aliphatic heterocycles. The van der Waals surface area contributed by atoms with Crippen LogP contribution < -0.4 is 10.5 Å². The van der Waals surface area contributed by atoms with Crippen molar-refractivity contribution in [2.24, 2.45) is 5.73 Å². The van der Waals surface area contributed by atoms with Crippen LogP contribution in [0.15, 0.2) is 32.0 Å². The monoisotopic (exact) mass is 414 g/mol. The first-order chi connectivity index (χ1) is 8.33. The lowest BCUT2D eigenvalue weighted by atomic mass is 10.3. The van der Waals surface area contributed by atoms with Gasteiger partial charge in [-0.15, -0.1) is 0 Å². The highest BCUT2D eigenvalue weighted by molar-refractivity contribution is 9.11. The molecule has 0 saturated heterocycles. The highest BCUT2D eigenvalue weighted by Crippen LogP contribution is 2.25. The highest BCUT2D eigenvalue weighted by atomic mass is 79.9. The number of thiocarbonyl (C=S) groups is 1. The van der Waals surface area contributed by atoms with E-state index in [-0.39, 0.29) is 4.90 Å². The zero-order valence-electron chi connectivity index (χ0n) is 9.32. The Kier molecular flexibility index (Phi) is 6.19. The summed E-state index contributed by atoms with van der Waals surface area (Å²) in [5.74, 6) is 0. The molecule has 0 heterocycles. The fourth-order valence-electron chi connectivity index (χ4n) is 1.23. The van der Waals surface area contributed by atoms with Gasteiger partial charge in [0.1, 0.15) is 0 Å². The largest absolute Gasteiger partial charge is 0.393 e. The van der Waals surface area contributed by atoms with Gasteiger partial charge in [-0.1, -0.05) is 28.1 Å². The van der Waals surface area contributed by atoms with E-state index >= 15 is 0 Å². The summed E-state index contributed by atoms with van der Waals surface area (Å²) in [5, 5.41) is 0. The summed E-state index contributed by atoms with van der Waals surface area (Å²) >= 11 is 11.2. The number of nitrogens with two attached hydrogens (primary N) is 1. The van der Waals surface area contributed by atoms with Gasteiger partial charge in [-0.05, 0) is 47.0 Å². The van der Waals surface area contributed by atoms with Crippen molar-refractivity contribution in [2.45, 2.75) is 17.7 Å². The van der Waals surface area contributed by atoms with Gasteiger partial charge >= 0.3 is 0 Å². The predicted octanol–water partition coefficient (Wildman–Crippen LogP) is 2.56. The van der Waals surface area contributed by atoms with E-state index < -0.39 is 10.0 Å². The van der Waals surface area contributed by atoms with Crippen molar-refractivity contribution >= 4 is 59.1 Å². The lowest BCUT2D eigenvalue weighted by Crippen LogP contribution is -2.26. The number of nitrogens with one attached hydrogen (secondary N) is 1. The molecule has 0 fully saturated rings. The smallest absolute Gasteiger partial charge is 0.241 e. The number of benzene rings is 1. The van der Waals surface area contributed by atoms with Crippen LogP contribution in [0.2, 0.25) is 0 Å². The summed E-state index contributed by atoms with van der Waals surface area (Å²) in [6, 6.07) is 4.98. The molecule has 0 spiro atoms. The molecule has 100 valence electrons. The summed E-state index contributed by atoms with van der Waals surface area (Å²) in [4.78, 5) is 0.588. The minimum atomic E-state index is -3.52. The third-order valence-corrected chi connectivity index (χ3v) is 5.23. The van der Waals surface area contributed by atoms with E-state index in [1.54, 1.807) is 18.2 Å². The number of sulfonamides is 1. The Morgan fingerprint density at radius 1 is 1.39 bits per heavy atom. The van der Waals surface area contributed by atoms with Gasteiger partial charge in [-0.3, -0.25) is 0 Å². The van der Waals surface area contributed by atoms with Gasteiger partial charge in [0.25, 0.3) is 0 Å². The van der Waals surface area contributed by atoms with Gasteiger partial charge in [0.05, 0.1) is 9.88 Å². The Labute approximate surface area is 129 Å². The van der Waals surface area contributed by atoms with Crippen LogP contribution in [0.25, 0.3) is 0 Å². The predicted molar refractivity (Wildman–Crippen MR) is 83.0 cm³/mol. The van der Waals surface area contributed by atoms with Crippen LogP contribution in [0, 0.1) is 0 Å². The van der Waals surface area contributed by atoms with E-state index in [0.29, 0.717) is 33.3 Å². The van der Waals surface area contributed by atoms with Crippen molar-refractivity contribution in [3.05, 3.63) is 27.1 Å². The molecule has 3 N–H and O–H groups in total. The van der Waals surface area contributed by atoms with Gasteiger partial charge in [0, 0.05) is 15.5 Å². The van der Waals surface area contributed by atoms with Crippen LogP contribution in [0.4, 0.5) is 0 Å².